The minimum atomic E-state index is 0.427. The summed E-state index contributed by atoms with van der Waals surface area (Å²) in [7, 11) is 0. The quantitative estimate of drug-likeness (QED) is 0.718. The second kappa shape index (κ2) is 7.08. The summed E-state index contributed by atoms with van der Waals surface area (Å²) < 4.78 is 0. The van der Waals surface area contributed by atoms with Crippen LogP contribution < -0.4 is 5.32 Å². The summed E-state index contributed by atoms with van der Waals surface area (Å²) in [6, 6.07) is 0.731. The third kappa shape index (κ3) is 3.00. The van der Waals surface area contributed by atoms with Crippen molar-refractivity contribution in [2.45, 2.75) is 83.7 Å². The van der Waals surface area contributed by atoms with E-state index in [1.165, 1.54) is 71.0 Å². The molecule has 1 atom stereocenters. The predicted molar refractivity (Wildman–Crippen MR) is 83.5 cm³/mol. The highest BCUT2D eigenvalue weighted by molar-refractivity contribution is 5.04. The number of hydrogen-bond donors (Lipinski definition) is 1. The summed E-state index contributed by atoms with van der Waals surface area (Å²) in [5, 5.41) is 3.95. The van der Waals surface area contributed by atoms with Crippen molar-refractivity contribution in [1.82, 2.24) is 10.2 Å². The summed E-state index contributed by atoms with van der Waals surface area (Å²) in [6.45, 7) is 11.0. The van der Waals surface area contributed by atoms with E-state index in [1.807, 2.05) is 0 Å². The fourth-order valence-corrected chi connectivity index (χ4v) is 4.36. The maximum Gasteiger partial charge on any atom is 0.0359 e. The minimum Gasteiger partial charge on any atom is -0.312 e. The molecule has 1 N–H and O–H groups in total. The zero-order valence-corrected chi connectivity index (χ0v) is 13.4. The topological polar surface area (TPSA) is 15.3 Å². The molecule has 0 spiro atoms. The molecule has 0 amide bonds. The van der Waals surface area contributed by atoms with Crippen LogP contribution in [-0.2, 0) is 0 Å². The van der Waals surface area contributed by atoms with E-state index >= 15 is 0 Å². The summed E-state index contributed by atoms with van der Waals surface area (Å²) >= 11 is 0. The van der Waals surface area contributed by atoms with E-state index in [1.54, 1.807) is 0 Å². The first-order chi connectivity index (χ1) is 9.28. The van der Waals surface area contributed by atoms with E-state index in [4.69, 9.17) is 0 Å². The molecule has 0 radical (unpaired) electrons. The van der Waals surface area contributed by atoms with Crippen LogP contribution in [0.3, 0.4) is 0 Å². The Morgan fingerprint density at radius 3 is 2.11 bits per heavy atom. The van der Waals surface area contributed by atoms with Crippen molar-refractivity contribution in [3.05, 3.63) is 0 Å². The molecule has 1 unspecified atom stereocenters. The van der Waals surface area contributed by atoms with Crippen molar-refractivity contribution in [2.75, 3.05) is 19.6 Å². The predicted octanol–water partition coefficient (Wildman–Crippen LogP) is 3.81. The SMILES string of the molecule is CCCNC(C1CCC1)C(CC)(CC)N1CCCC1. The first-order valence-corrected chi connectivity index (χ1v) is 8.77. The lowest BCUT2D eigenvalue weighted by Crippen LogP contribution is -2.63. The average Bonchev–Trinajstić information content (AvgIpc) is 2.90. The normalized spacial score (nSPS) is 23.5. The molecule has 2 fully saturated rings. The molecule has 2 nitrogen and oxygen atoms in total. The smallest absolute Gasteiger partial charge is 0.0359 e. The molecule has 2 aliphatic rings. The molecule has 0 aromatic carbocycles. The Hall–Kier alpha value is -0.0800. The largest absolute Gasteiger partial charge is 0.312 e. The Kier molecular flexibility index (Phi) is 5.70. The van der Waals surface area contributed by atoms with Crippen LogP contribution in [-0.4, -0.2) is 36.1 Å². The van der Waals surface area contributed by atoms with Gasteiger partial charge >= 0.3 is 0 Å². The monoisotopic (exact) mass is 266 g/mol. The molecule has 2 heteroatoms. The molecule has 19 heavy (non-hydrogen) atoms. The van der Waals surface area contributed by atoms with Crippen LogP contribution in [0.25, 0.3) is 0 Å². The molecule has 0 bridgehead atoms. The van der Waals surface area contributed by atoms with Gasteiger partial charge < -0.3 is 5.32 Å². The van der Waals surface area contributed by atoms with Gasteiger partial charge in [0.1, 0.15) is 0 Å². The fraction of sp³-hybridized carbons (Fsp3) is 1.00. The highest BCUT2D eigenvalue weighted by Gasteiger charge is 2.46. The molecule has 1 heterocycles. The third-order valence-electron chi connectivity index (χ3n) is 5.77. The lowest BCUT2D eigenvalue weighted by atomic mass is 9.68. The van der Waals surface area contributed by atoms with E-state index in [0.717, 1.165) is 12.0 Å². The van der Waals surface area contributed by atoms with Gasteiger partial charge in [-0.15, -0.1) is 0 Å². The van der Waals surface area contributed by atoms with Gasteiger partial charge in [0, 0.05) is 11.6 Å². The molecular weight excluding hydrogens is 232 g/mol. The summed E-state index contributed by atoms with van der Waals surface area (Å²) in [4.78, 5) is 2.83. The third-order valence-corrected chi connectivity index (χ3v) is 5.77. The fourth-order valence-electron chi connectivity index (χ4n) is 4.36. The van der Waals surface area contributed by atoms with Gasteiger partial charge in [-0.1, -0.05) is 27.2 Å². The van der Waals surface area contributed by atoms with Crippen LogP contribution >= 0.6 is 0 Å². The Labute approximate surface area is 120 Å². The van der Waals surface area contributed by atoms with E-state index in [0.29, 0.717) is 5.54 Å². The van der Waals surface area contributed by atoms with Gasteiger partial charge in [0.25, 0.3) is 0 Å². The number of rotatable bonds is 8. The molecule has 2 rings (SSSR count). The van der Waals surface area contributed by atoms with E-state index in [2.05, 4.69) is 31.0 Å². The molecule has 112 valence electrons. The maximum absolute atomic E-state index is 3.95. The first-order valence-electron chi connectivity index (χ1n) is 8.77. The van der Waals surface area contributed by atoms with Crippen LogP contribution in [0.2, 0.25) is 0 Å². The van der Waals surface area contributed by atoms with Crippen molar-refractivity contribution < 1.29 is 0 Å². The molecule has 1 saturated carbocycles. The zero-order chi connectivity index (χ0) is 13.7. The Morgan fingerprint density at radius 2 is 1.68 bits per heavy atom. The highest BCUT2D eigenvalue weighted by atomic mass is 15.2. The van der Waals surface area contributed by atoms with Gasteiger partial charge in [-0.3, -0.25) is 4.90 Å². The van der Waals surface area contributed by atoms with Crippen molar-refractivity contribution in [3.63, 3.8) is 0 Å². The Bertz CT molecular complexity index is 250. The lowest BCUT2D eigenvalue weighted by molar-refractivity contribution is 0.0182. The molecule has 1 aliphatic heterocycles. The van der Waals surface area contributed by atoms with Crippen LogP contribution in [0.15, 0.2) is 0 Å². The first kappa shape index (κ1) is 15.3. The van der Waals surface area contributed by atoms with Crippen molar-refractivity contribution in [1.29, 1.82) is 0 Å². The van der Waals surface area contributed by atoms with Crippen molar-refractivity contribution in [2.24, 2.45) is 5.92 Å². The highest BCUT2D eigenvalue weighted by Crippen LogP contribution is 2.41. The second-order valence-corrected chi connectivity index (χ2v) is 6.63. The maximum atomic E-state index is 3.95. The number of nitrogens with zero attached hydrogens (tertiary/aromatic N) is 1. The van der Waals surface area contributed by atoms with Gasteiger partial charge in [0.2, 0.25) is 0 Å². The van der Waals surface area contributed by atoms with E-state index in [9.17, 15) is 0 Å². The molecule has 0 aromatic heterocycles. The Morgan fingerprint density at radius 1 is 1.05 bits per heavy atom. The minimum absolute atomic E-state index is 0.427. The van der Waals surface area contributed by atoms with Gasteiger partial charge in [-0.05, 0) is 70.5 Å². The van der Waals surface area contributed by atoms with Crippen LogP contribution in [0, 0.1) is 5.92 Å². The van der Waals surface area contributed by atoms with E-state index < -0.39 is 0 Å². The summed E-state index contributed by atoms with van der Waals surface area (Å²) in [5.74, 6) is 0.937. The van der Waals surface area contributed by atoms with Gasteiger partial charge in [-0.25, -0.2) is 0 Å². The van der Waals surface area contributed by atoms with Gasteiger partial charge in [0.15, 0.2) is 0 Å². The summed E-state index contributed by atoms with van der Waals surface area (Å²) in [5.41, 5.74) is 0.427. The molecule has 0 aromatic rings. The van der Waals surface area contributed by atoms with Crippen molar-refractivity contribution in [3.8, 4) is 0 Å². The van der Waals surface area contributed by atoms with Crippen molar-refractivity contribution >= 4 is 0 Å². The molecule has 1 saturated heterocycles. The van der Waals surface area contributed by atoms with Crippen LogP contribution in [0.4, 0.5) is 0 Å². The zero-order valence-electron chi connectivity index (χ0n) is 13.4. The van der Waals surface area contributed by atoms with Gasteiger partial charge in [0.05, 0.1) is 0 Å². The second-order valence-electron chi connectivity index (χ2n) is 6.63. The van der Waals surface area contributed by atoms with E-state index in [-0.39, 0.29) is 0 Å². The Balaban J connectivity index is 2.15. The lowest BCUT2D eigenvalue weighted by Gasteiger charge is -2.52. The number of likely N-dealkylation sites (tertiary alicyclic amines) is 1. The molecule has 1 aliphatic carbocycles. The standard InChI is InChI=1S/C17H34N2/c1-4-12-18-16(15-10-9-11-15)17(5-2,6-3)19-13-7-8-14-19/h15-16,18H,4-14H2,1-3H3. The van der Waals surface area contributed by atoms with Gasteiger partial charge in [-0.2, -0.15) is 0 Å². The summed E-state index contributed by atoms with van der Waals surface area (Å²) in [6.07, 6.45) is 11.1. The number of hydrogen-bond acceptors (Lipinski definition) is 2. The number of nitrogens with one attached hydrogen (secondary N) is 1. The van der Waals surface area contributed by atoms with Crippen LogP contribution in [0.1, 0.15) is 72.1 Å². The molecular formula is C17H34N2. The van der Waals surface area contributed by atoms with Crippen LogP contribution in [0.5, 0.6) is 0 Å². The average molecular weight is 266 g/mol.